The monoisotopic (exact) mass is 347 g/mol. The zero-order chi connectivity index (χ0) is 17.4. The van der Waals surface area contributed by atoms with E-state index in [-0.39, 0.29) is 30.2 Å². The third-order valence-corrected chi connectivity index (χ3v) is 4.34. The molecule has 0 spiro atoms. The molecule has 1 saturated heterocycles. The minimum absolute atomic E-state index is 0.00555. The highest BCUT2D eigenvalue weighted by atomic mass is 32.2. The Morgan fingerprint density at radius 1 is 1.52 bits per heavy atom. The average molecular weight is 347 g/mol. The number of carbonyl (C=O) groups excluding carboxylic acids is 1. The van der Waals surface area contributed by atoms with Crippen LogP contribution in [0, 0.1) is 21.8 Å². The molecule has 0 aromatic heterocycles. The summed E-state index contributed by atoms with van der Waals surface area (Å²) in [6.45, 7) is -0.00555. The van der Waals surface area contributed by atoms with E-state index in [2.05, 4.69) is 0 Å². The minimum Gasteiger partial charge on any atom is -0.494 e. The number of nitrogens with two attached hydrogens (primary N) is 1. The third kappa shape index (κ3) is 3.74. The maximum atomic E-state index is 13.6. The number of hydrogen-bond donors (Lipinski definition) is 1. The van der Waals surface area contributed by atoms with Crippen LogP contribution in [0.1, 0.15) is 6.42 Å². The predicted molar refractivity (Wildman–Crippen MR) is 78.0 cm³/mol. The van der Waals surface area contributed by atoms with Crippen LogP contribution in [0.15, 0.2) is 12.1 Å². The molecule has 23 heavy (non-hydrogen) atoms. The van der Waals surface area contributed by atoms with E-state index < -0.39 is 38.3 Å². The molecule has 0 bridgehead atoms. The van der Waals surface area contributed by atoms with Crippen LogP contribution in [0.5, 0.6) is 5.75 Å². The summed E-state index contributed by atoms with van der Waals surface area (Å²) >= 11 is 0. The van der Waals surface area contributed by atoms with Gasteiger partial charge in [0.05, 0.1) is 23.5 Å². The van der Waals surface area contributed by atoms with Crippen LogP contribution in [-0.2, 0) is 14.8 Å². The first-order valence-electron chi connectivity index (χ1n) is 6.45. The number of nitrogens with zero attached hydrogens (tertiary/aromatic N) is 2. The molecule has 2 N–H and O–H groups in total. The number of anilines is 1. The summed E-state index contributed by atoms with van der Waals surface area (Å²) in [5, 5.41) is 15.8. The topological polar surface area (TPSA) is 133 Å². The van der Waals surface area contributed by atoms with Crippen molar-refractivity contribution in [1.82, 2.24) is 0 Å². The van der Waals surface area contributed by atoms with Crippen LogP contribution in [0.3, 0.4) is 0 Å². The molecule has 1 amide bonds. The molecule has 1 aliphatic rings. The fourth-order valence-electron chi connectivity index (χ4n) is 2.50. The van der Waals surface area contributed by atoms with E-state index in [1.54, 1.807) is 0 Å². The lowest BCUT2D eigenvalue weighted by Crippen LogP contribution is -2.28. The summed E-state index contributed by atoms with van der Waals surface area (Å²) in [5.41, 5.74) is -0.786. The highest BCUT2D eigenvalue weighted by molar-refractivity contribution is 7.89. The van der Waals surface area contributed by atoms with Crippen molar-refractivity contribution in [3.05, 3.63) is 28.1 Å². The second-order valence-corrected chi connectivity index (χ2v) is 6.80. The van der Waals surface area contributed by atoms with E-state index in [0.717, 1.165) is 17.0 Å². The third-order valence-electron chi connectivity index (χ3n) is 3.41. The second kappa shape index (κ2) is 6.08. The molecule has 2 rings (SSSR count). The molecule has 0 aliphatic carbocycles. The van der Waals surface area contributed by atoms with Gasteiger partial charge in [-0.3, -0.25) is 14.9 Å². The molecule has 126 valence electrons. The maximum Gasteiger partial charge on any atom is 0.307 e. The van der Waals surface area contributed by atoms with Crippen molar-refractivity contribution < 1.29 is 27.3 Å². The summed E-state index contributed by atoms with van der Waals surface area (Å²) in [6, 6.07) is 1.71. The molecule has 0 radical (unpaired) electrons. The first-order chi connectivity index (χ1) is 10.6. The van der Waals surface area contributed by atoms with Crippen LogP contribution in [0.25, 0.3) is 0 Å². The van der Waals surface area contributed by atoms with E-state index in [4.69, 9.17) is 9.88 Å². The first-order valence-corrected chi connectivity index (χ1v) is 8.16. The van der Waals surface area contributed by atoms with Gasteiger partial charge in [0, 0.05) is 31.0 Å². The number of ether oxygens (including phenoxy) is 1. The Balaban J connectivity index is 2.39. The molecule has 1 fully saturated rings. The van der Waals surface area contributed by atoms with Gasteiger partial charge in [0.2, 0.25) is 21.7 Å². The summed E-state index contributed by atoms with van der Waals surface area (Å²) in [4.78, 5) is 23.1. The molecule has 9 nitrogen and oxygen atoms in total. The van der Waals surface area contributed by atoms with Crippen molar-refractivity contribution in [3.63, 3.8) is 0 Å². The van der Waals surface area contributed by atoms with Crippen LogP contribution >= 0.6 is 0 Å². The van der Waals surface area contributed by atoms with Crippen molar-refractivity contribution in [2.75, 3.05) is 24.3 Å². The first kappa shape index (κ1) is 17.1. The number of amides is 1. The summed E-state index contributed by atoms with van der Waals surface area (Å²) in [7, 11) is -2.53. The number of benzene rings is 1. The lowest BCUT2D eigenvalue weighted by atomic mass is 10.1. The number of rotatable bonds is 5. The van der Waals surface area contributed by atoms with Gasteiger partial charge in [0.1, 0.15) is 5.75 Å². The van der Waals surface area contributed by atoms with Crippen molar-refractivity contribution >= 4 is 27.3 Å². The fraction of sp³-hybridized carbons (Fsp3) is 0.417. The number of hydrogen-bond acceptors (Lipinski definition) is 6. The average Bonchev–Trinajstić information content (AvgIpc) is 2.76. The van der Waals surface area contributed by atoms with E-state index >= 15 is 0 Å². The number of nitro groups is 1. The van der Waals surface area contributed by atoms with E-state index in [0.29, 0.717) is 0 Å². The number of methoxy groups -OCH3 is 1. The predicted octanol–water partition coefficient (Wildman–Crippen LogP) is 0.384. The number of carbonyl (C=O) groups is 1. The number of nitro benzene ring substituents is 1. The molecule has 1 heterocycles. The summed E-state index contributed by atoms with van der Waals surface area (Å²) in [6.07, 6.45) is -0.0786. The fourth-order valence-corrected chi connectivity index (χ4v) is 3.38. The van der Waals surface area contributed by atoms with Gasteiger partial charge in [-0.1, -0.05) is 0 Å². The summed E-state index contributed by atoms with van der Waals surface area (Å²) < 4.78 is 40.9. The molecular formula is C12H14FN3O6S. The Bertz CT molecular complexity index is 766. The lowest BCUT2D eigenvalue weighted by Gasteiger charge is -2.19. The van der Waals surface area contributed by atoms with Gasteiger partial charge in [-0.15, -0.1) is 0 Å². The minimum atomic E-state index is -3.76. The van der Waals surface area contributed by atoms with Crippen LogP contribution in [-0.4, -0.2) is 38.7 Å². The second-order valence-electron chi connectivity index (χ2n) is 5.14. The maximum absolute atomic E-state index is 13.6. The van der Waals surface area contributed by atoms with Gasteiger partial charge in [0.25, 0.3) is 0 Å². The van der Waals surface area contributed by atoms with Gasteiger partial charge in [-0.25, -0.2) is 13.6 Å². The quantitative estimate of drug-likeness (QED) is 0.605. The smallest absolute Gasteiger partial charge is 0.307 e. The zero-order valence-corrected chi connectivity index (χ0v) is 12.9. The van der Waals surface area contributed by atoms with Crippen molar-refractivity contribution in [2.45, 2.75) is 6.42 Å². The van der Waals surface area contributed by atoms with Gasteiger partial charge >= 0.3 is 5.69 Å². The standard InChI is InChI=1S/C12H14FN3O6S/c1-22-11-3-8(13)9(16(18)19)4-10(11)15-5-7(2-12(15)17)6-23(14,20)21/h3-4,7H,2,5-6H2,1H3,(H2,14,20,21). The molecule has 11 heteroatoms. The SMILES string of the molecule is COc1cc(F)c([N+](=O)[O-])cc1N1CC(CS(N)(=O)=O)CC1=O. The number of primary sulfonamides is 1. The largest absolute Gasteiger partial charge is 0.494 e. The number of sulfonamides is 1. The van der Waals surface area contributed by atoms with Crippen molar-refractivity contribution in [3.8, 4) is 5.75 Å². The normalized spacial score (nSPS) is 18.3. The van der Waals surface area contributed by atoms with E-state index in [1.807, 2.05) is 0 Å². The van der Waals surface area contributed by atoms with Gasteiger partial charge in [0.15, 0.2) is 0 Å². The van der Waals surface area contributed by atoms with Crippen molar-refractivity contribution in [1.29, 1.82) is 0 Å². The van der Waals surface area contributed by atoms with Crippen LogP contribution in [0.4, 0.5) is 15.8 Å². The Hall–Kier alpha value is -2.27. The van der Waals surface area contributed by atoms with Crippen LogP contribution in [0.2, 0.25) is 0 Å². The Morgan fingerprint density at radius 2 is 2.17 bits per heavy atom. The Labute approximate surface area is 131 Å². The highest BCUT2D eigenvalue weighted by Crippen LogP contribution is 2.37. The number of halogens is 1. The van der Waals surface area contributed by atoms with E-state index in [9.17, 15) is 27.7 Å². The Kier molecular flexibility index (Phi) is 4.52. The molecule has 1 aromatic rings. The van der Waals surface area contributed by atoms with E-state index in [1.165, 1.54) is 7.11 Å². The molecular weight excluding hydrogens is 333 g/mol. The molecule has 1 atom stereocenters. The van der Waals surface area contributed by atoms with Gasteiger partial charge in [-0.2, -0.15) is 4.39 Å². The highest BCUT2D eigenvalue weighted by Gasteiger charge is 2.35. The molecule has 1 unspecified atom stereocenters. The van der Waals surface area contributed by atoms with Crippen molar-refractivity contribution in [2.24, 2.45) is 11.1 Å². The zero-order valence-electron chi connectivity index (χ0n) is 12.1. The van der Waals surface area contributed by atoms with Gasteiger partial charge < -0.3 is 9.64 Å². The van der Waals surface area contributed by atoms with Crippen LogP contribution < -0.4 is 14.8 Å². The molecule has 1 aromatic carbocycles. The molecule has 0 saturated carbocycles. The summed E-state index contributed by atoms with van der Waals surface area (Å²) in [5.74, 6) is -2.54. The Morgan fingerprint density at radius 3 is 2.70 bits per heavy atom. The molecule has 1 aliphatic heterocycles. The van der Waals surface area contributed by atoms with Gasteiger partial charge in [-0.05, 0) is 0 Å². The lowest BCUT2D eigenvalue weighted by molar-refractivity contribution is -0.387.